The minimum Gasteiger partial charge on any atom is -0.486 e. The van der Waals surface area contributed by atoms with Crippen LogP contribution in [0.25, 0.3) is 0 Å². The molecule has 0 radical (unpaired) electrons. The third kappa shape index (κ3) is 3.11. The summed E-state index contributed by atoms with van der Waals surface area (Å²) in [6, 6.07) is 7.31. The average molecular weight is 197 g/mol. The minimum atomic E-state index is 0.0428. The van der Waals surface area contributed by atoms with Gasteiger partial charge in [-0.2, -0.15) is 0 Å². The molecule has 0 fully saturated rings. The van der Waals surface area contributed by atoms with Gasteiger partial charge in [0.05, 0.1) is 0 Å². The highest BCUT2D eigenvalue weighted by Gasteiger charge is 2.03. The second-order valence-electron chi connectivity index (χ2n) is 3.06. The number of hydrogen-bond acceptors (Lipinski definition) is 1. The molecule has 0 spiro atoms. The molecule has 0 amide bonds. The Labute approximate surface area is 84.0 Å². The number of ether oxygens (including phenoxy) is 1. The number of halogens is 1. The SMILES string of the molecule is C=C(C)[C@@H](C)Oc1ccc(Cl)cc1. The molecule has 0 aliphatic heterocycles. The van der Waals surface area contributed by atoms with Crippen molar-refractivity contribution in [3.05, 3.63) is 41.4 Å². The van der Waals surface area contributed by atoms with Crippen molar-refractivity contribution in [3.63, 3.8) is 0 Å². The van der Waals surface area contributed by atoms with E-state index in [1.165, 1.54) is 0 Å². The van der Waals surface area contributed by atoms with E-state index in [1.54, 1.807) is 0 Å². The molecule has 1 aromatic rings. The molecule has 0 aliphatic carbocycles. The molecule has 1 nitrogen and oxygen atoms in total. The lowest BCUT2D eigenvalue weighted by molar-refractivity contribution is 0.258. The van der Waals surface area contributed by atoms with E-state index in [1.807, 2.05) is 38.1 Å². The van der Waals surface area contributed by atoms with Gasteiger partial charge in [0.25, 0.3) is 0 Å². The third-order valence-electron chi connectivity index (χ3n) is 1.82. The van der Waals surface area contributed by atoms with Crippen LogP contribution in [0, 0.1) is 0 Å². The highest BCUT2D eigenvalue weighted by Crippen LogP contribution is 2.18. The Morgan fingerprint density at radius 2 is 1.92 bits per heavy atom. The summed E-state index contributed by atoms with van der Waals surface area (Å²) in [7, 11) is 0. The van der Waals surface area contributed by atoms with Crippen LogP contribution in [0.3, 0.4) is 0 Å². The summed E-state index contributed by atoms with van der Waals surface area (Å²) in [5.41, 5.74) is 1.01. The van der Waals surface area contributed by atoms with Crippen LogP contribution < -0.4 is 4.74 Å². The van der Waals surface area contributed by atoms with Crippen LogP contribution in [0.15, 0.2) is 36.4 Å². The van der Waals surface area contributed by atoms with E-state index in [0.29, 0.717) is 0 Å². The molecule has 2 heteroatoms. The molecule has 0 bridgehead atoms. The summed E-state index contributed by atoms with van der Waals surface area (Å²) in [6.07, 6.45) is 0.0428. The Hall–Kier alpha value is -0.950. The quantitative estimate of drug-likeness (QED) is 0.671. The fourth-order valence-corrected chi connectivity index (χ4v) is 0.944. The van der Waals surface area contributed by atoms with Crippen molar-refractivity contribution in [2.45, 2.75) is 20.0 Å². The molecular weight excluding hydrogens is 184 g/mol. The van der Waals surface area contributed by atoms with Crippen LogP contribution in [-0.2, 0) is 0 Å². The molecule has 1 aromatic carbocycles. The molecule has 70 valence electrons. The van der Waals surface area contributed by atoms with E-state index < -0.39 is 0 Å². The first-order valence-electron chi connectivity index (χ1n) is 4.17. The highest BCUT2D eigenvalue weighted by molar-refractivity contribution is 6.30. The maximum absolute atomic E-state index is 5.74. The van der Waals surface area contributed by atoms with Crippen molar-refractivity contribution < 1.29 is 4.74 Å². The van der Waals surface area contributed by atoms with Gasteiger partial charge in [0, 0.05) is 5.02 Å². The Bertz CT molecular complexity index is 289. The second kappa shape index (κ2) is 4.33. The van der Waals surface area contributed by atoms with Crippen LogP contribution in [0.5, 0.6) is 5.75 Å². The molecule has 13 heavy (non-hydrogen) atoms. The summed E-state index contributed by atoms with van der Waals surface area (Å²) >= 11 is 5.74. The van der Waals surface area contributed by atoms with Gasteiger partial charge in [0.1, 0.15) is 11.9 Å². The first-order chi connectivity index (χ1) is 6.09. The van der Waals surface area contributed by atoms with Crippen LogP contribution in [0.4, 0.5) is 0 Å². The lowest BCUT2D eigenvalue weighted by Gasteiger charge is -2.14. The fourth-order valence-electron chi connectivity index (χ4n) is 0.818. The molecule has 0 saturated carbocycles. The van der Waals surface area contributed by atoms with Gasteiger partial charge in [-0.15, -0.1) is 0 Å². The van der Waals surface area contributed by atoms with Gasteiger partial charge in [0.15, 0.2) is 0 Å². The van der Waals surface area contributed by atoms with Crippen molar-refractivity contribution in [2.24, 2.45) is 0 Å². The molecule has 1 atom stereocenters. The third-order valence-corrected chi connectivity index (χ3v) is 2.07. The maximum atomic E-state index is 5.74. The number of hydrogen-bond donors (Lipinski definition) is 0. The predicted octanol–water partition coefficient (Wildman–Crippen LogP) is 3.68. The summed E-state index contributed by atoms with van der Waals surface area (Å²) < 4.78 is 5.57. The lowest BCUT2D eigenvalue weighted by Crippen LogP contribution is -2.11. The van der Waals surface area contributed by atoms with E-state index in [2.05, 4.69) is 6.58 Å². The predicted molar refractivity (Wildman–Crippen MR) is 56.4 cm³/mol. The van der Waals surface area contributed by atoms with Crippen molar-refractivity contribution >= 4 is 11.6 Å². The van der Waals surface area contributed by atoms with Gasteiger partial charge in [-0.05, 0) is 43.7 Å². The molecule has 0 unspecified atom stereocenters. The fraction of sp³-hybridized carbons (Fsp3) is 0.273. The van der Waals surface area contributed by atoms with Crippen LogP contribution in [0.1, 0.15) is 13.8 Å². The van der Waals surface area contributed by atoms with Crippen molar-refractivity contribution in [1.29, 1.82) is 0 Å². The normalized spacial score (nSPS) is 12.2. The molecule has 0 saturated heterocycles. The summed E-state index contributed by atoms with van der Waals surface area (Å²) in [6.45, 7) is 7.73. The first-order valence-corrected chi connectivity index (χ1v) is 4.55. The van der Waals surface area contributed by atoms with Gasteiger partial charge in [-0.25, -0.2) is 0 Å². The van der Waals surface area contributed by atoms with E-state index in [0.717, 1.165) is 16.3 Å². The van der Waals surface area contributed by atoms with Gasteiger partial charge in [-0.3, -0.25) is 0 Å². The Morgan fingerprint density at radius 1 is 1.38 bits per heavy atom. The Morgan fingerprint density at radius 3 is 2.38 bits per heavy atom. The Kier molecular flexibility index (Phi) is 3.38. The largest absolute Gasteiger partial charge is 0.486 e. The molecular formula is C11H13ClO. The van der Waals surface area contributed by atoms with E-state index in [-0.39, 0.29) is 6.10 Å². The molecule has 0 aromatic heterocycles. The van der Waals surface area contributed by atoms with E-state index in [4.69, 9.17) is 16.3 Å². The smallest absolute Gasteiger partial charge is 0.120 e. The minimum absolute atomic E-state index is 0.0428. The summed E-state index contributed by atoms with van der Waals surface area (Å²) in [5, 5.41) is 0.718. The van der Waals surface area contributed by atoms with E-state index in [9.17, 15) is 0 Å². The summed E-state index contributed by atoms with van der Waals surface area (Å²) in [4.78, 5) is 0. The molecule has 0 N–H and O–H groups in total. The zero-order valence-corrected chi connectivity index (χ0v) is 8.64. The van der Waals surface area contributed by atoms with E-state index >= 15 is 0 Å². The summed E-state index contributed by atoms with van der Waals surface area (Å²) in [5.74, 6) is 0.819. The van der Waals surface area contributed by atoms with Crippen LogP contribution in [-0.4, -0.2) is 6.10 Å². The first kappa shape index (κ1) is 10.1. The number of benzene rings is 1. The zero-order valence-electron chi connectivity index (χ0n) is 7.88. The van der Waals surface area contributed by atoms with Gasteiger partial charge >= 0.3 is 0 Å². The topological polar surface area (TPSA) is 9.23 Å². The van der Waals surface area contributed by atoms with Crippen LogP contribution >= 0.6 is 11.6 Å². The maximum Gasteiger partial charge on any atom is 0.120 e. The molecule has 0 heterocycles. The van der Waals surface area contributed by atoms with Crippen molar-refractivity contribution in [3.8, 4) is 5.75 Å². The lowest BCUT2D eigenvalue weighted by atomic mass is 10.2. The van der Waals surface area contributed by atoms with Gasteiger partial charge in [0.2, 0.25) is 0 Å². The van der Waals surface area contributed by atoms with Crippen molar-refractivity contribution in [2.75, 3.05) is 0 Å². The monoisotopic (exact) mass is 196 g/mol. The second-order valence-corrected chi connectivity index (χ2v) is 3.50. The average Bonchev–Trinajstić information content (AvgIpc) is 2.08. The van der Waals surface area contributed by atoms with Crippen LogP contribution in [0.2, 0.25) is 5.02 Å². The number of rotatable bonds is 3. The molecule has 0 aliphatic rings. The van der Waals surface area contributed by atoms with Gasteiger partial charge < -0.3 is 4.74 Å². The standard InChI is InChI=1S/C11H13ClO/c1-8(2)9(3)13-11-6-4-10(12)5-7-11/h4-7,9H,1H2,2-3H3/t9-/m1/s1. The molecule has 1 rings (SSSR count). The van der Waals surface area contributed by atoms with Crippen molar-refractivity contribution in [1.82, 2.24) is 0 Å². The van der Waals surface area contributed by atoms with Gasteiger partial charge in [-0.1, -0.05) is 18.2 Å². The zero-order chi connectivity index (χ0) is 9.84. The highest BCUT2D eigenvalue weighted by atomic mass is 35.5. The Balaban J connectivity index is 2.64.